The van der Waals surface area contributed by atoms with Gasteiger partial charge in [0.15, 0.2) is 11.4 Å². The third kappa shape index (κ3) is 2.23. The summed E-state index contributed by atoms with van der Waals surface area (Å²) in [5.41, 5.74) is -4.50. The van der Waals surface area contributed by atoms with E-state index in [4.69, 9.17) is 18.9 Å². The molecule has 36 heavy (non-hydrogen) atoms. The third-order valence-corrected chi connectivity index (χ3v) is 10.1. The molecule has 2 aliphatic carbocycles. The molecule has 1 saturated carbocycles. The highest BCUT2D eigenvalue weighted by Crippen LogP contribution is 2.69. The molecule has 192 valence electrons. The average Bonchev–Trinajstić information content (AvgIpc) is 3.24. The van der Waals surface area contributed by atoms with Crippen LogP contribution in [0.3, 0.4) is 0 Å². The van der Waals surface area contributed by atoms with Crippen molar-refractivity contribution in [2.75, 3.05) is 0 Å². The fourth-order valence-corrected chi connectivity index (χ4v) is 8.29. The molecule has 5 heterocycles. The monoisotopic (exact) mass is 498 g/mol. The molecule has 7 aliphatic rings. The SMILES string of the molecule is CC1(C)OC=C2C[C@]34CC[C@]5(C)C(=O)[C@](C)(O)[C@@H]6[C@H]7OC(=O)[C@](C)(O)[C@H]7O[C@@](O3)(C(=O)C4=CC=C21)[C@@H]65. The lowest BCUT2D eigenvalue weighted by Gasteiger charge is -2.50. The van der Waals surface area contributed by atoms with Gasteiger partial charge in [0.1, 0.15) is 29.0 Å². The number of aliphatic hydroxyl groups is 2. The van der Waals surface area contributed by atoms with Gasteiger partial charge >= 0.3 is 5.97 Å². The number of hydrogen-bond donors (Lipinski definition) is 2. The molecule has 5 aliphatic heterocycles. The van der Waals surface area contributed by atoms with E-state index >= 15 is 0 Å². The molecular formula is C27H30O9. The minimum Gasteiger partial charge on any atom is -0.490 e. The molecule has 9 nitrogen and oxygen atoms in total. The van der Waals surface area contributed by atoms with Crippen LogP contribution in [0.4, 0.5) is 0 Å². The number of esters is 1. The molecule has 0 aromatic rings. The Morgan fingerprint density at radius 1 is 0.944 bits per heavy atom. The summed E-state index contributed by atoms with van der Waals surface area (Å²) >= 11 is 0. The van der Waals surface area contributed by atoms with Crippen molar-refractivity contribution in [2.45, 2.75) is 94.3 Å². The van der Waals surface area contributed by atoms with Crippen LogP contribution in [0.1, 0.15) is 53.9 Å². The maximum absolute atomic E-state index is 14.4. The molecule has 2 N–H and O–H groups in total. The molecule has 2 spiro atoms. The van der Waals surface area contributed by atoms with Gasteiger partial charge in [-0.25, -0.2) is 4.79 Å². The van der Waals surface area contributed by atoms with Crippen LogP contribution in [0.5, 0.6) is 0 Å². The molecule has 0 amide bonds. The minimum atomic E-state index is -2.08. The number of ketones is 2. The maximum atomic E-state index is 14.4. The van der Waals surface area contributed by atoms with Gasteiger partial charge in [0, 0.05) is 34.8 Å². The van der Waals surface area contributed by atoms with Crippen molar-refractivity contribution in [1.82, 2.24) is 0 Å². The average molecular weight is 499 g/mol. The van der Waals surface area contributed by atoms with Gasteiger partial charge in [0.25, 0.3) is 0 Å². The fraction of sp³-hybridized carbons (Fsp3) is 0.667. The van der Waals surface area contributed by atoms with Gasteiger partial charge in [0.05, 0.1) is 6.26 Å². The van der Waals surface area contributed by atoms with E-state index < -0.39 is 75.2 Å². The third-order valence-electron chi connectivity index (χ3n) is 10.1. The predicted molar refractivity (Wildman–Crippen MR) is 121 cm³/mol. The molecular weight excluding hydrogens is 468 g/mol. The smallest absolute Gasteiger partial charge is 0.341 e. The molecule has 0 radical (unpaired) electrons. The van der Waals surface area contributed by atoms with Crippen molar-refractivity contribution in [2.24, 2.45) is 17.3 Å². The van der Waals surface area contributed by atoms with Crippen molar-refractivity contribution in [3.05, 3.63) is 35.1 Å². The Hall–Kier alpha value is -2.33. The van der Waals surface area contributed by atoms with Crippen LogP contribution in [0, 0.1) is 17.3 Å². The van der Waals surface area contributed by atoms with Crippen LogP contribution in [-0.4, -0.2) is 68.1 Å². The zero-order chi connectivity index (χ0) is 25.8. The van der Waals surface area contributed by atoms with E-state index in [2.05, 4.69) is 0 Å². The van der Waals surface area contributed by atoms with E-state index in [1.807, 2.05) is 19.9 Å². The topological polar surface area (TPSA) is 129 Å². The first-order valence-corrected chi connectivity index (χ1v) is 12.6. The number of carbonyl (C=O) groups is 3. The van der Waals surface area contributed by atoms with Gasteiger partial charge < -0.3 is 29.2 Å². The predicted octanol–water partition coefficient (Wildman–Crippen LogP) is 1.41. The van der Waals surface area contributed by atoms with Gasteiger partial charge in [-0.1, -0.05) is 19.1 Å². The molecule has 0 aromatic carbocycles. The summed E-state index contributed by atoms with van der Waals surface area (Å²) in [4.78, 5) is 40.9. The van der Waals surface area contributed by atoms with Crippen molar-refractivity contribution in [1.29, 1.82) is 0 Å². The van der Waals surface area contributed by atoms with E-state index in [9.17, 15) is 24.6 Å². The van der Waals surface area contributed by atoms with E-state index in [0.717, 1.165) is 11.1 Å². The van der Waals surface area contributed by atoms with Crippen molar-refractivity contribution >= 4 is 17.5 Å². The van der Waals surface area contributed by atoms with Gasteiger partial charge in [0.2, 0.25) is 11.6 Å². The van der Waals surface area contributed by atoms with E-state index in [0.29, 0.717) is 24.8 Å². The molecule has 9 atom stereocenters. The lowest BCUT2D eigenvalue weighted by Crippen LogP contribution is -2.66. The summed E-state index contributed by atoms with van der Waals surface area (Å²) in [5.74, 6) is -5.65. The standard InChI is InChI=1S/C27H30O9/c1-22(2)13-6-7-14-18(28)27-17-15(16-19(35-27)25(5,32)21(30)34-16)24(4,31)20(29)23(17,3)8-9-26(14,36-27)10-12(13)11-33-22/h6-7,11,15-17,19,31-32H,8-10H2,1-5H3/t15-,16-,17+,19+,23+,24-,25-,26+,27+/m1/s1. The quantitative estimate of drug-likeness (QED) is 0.476. The summed E-state index contributed by atoms with van der Waals surface area (Å²) in [5, 5.41) is 22.6. The summed E-state index contributed by atoms with van der Waals surface area (Å²) in [6, 6.07) is 0. The highest BCUT2D eigenvalue weighted by molar-refractivity contribution is 6.08. The first-order chi connectivity index (χ1) is 16.6. The summed E-state index contributed by atoms with van der Waals surface area (Å²) in [6.45, 7) is 8.33. The fourth-order valence-electron chi connectivity index (χ4n) is 8.29. The Balaban J connectivity index is 1.46. The van der Waals surface area contributed by atoms with Crippen LogP contribution >= 0.6 is 0 Å². The molecule has 4 saturated heterocycles. The number of carbonyl (C=O) groups excluding carboxylic acids is 3. The number of fused-ring (bicyclic) bond motifs is 3. The number of hydrogen-bond acceptors (Lipinski definition) is 9. The van der Waals surface area contributed by atoms with Gasteiger partial charge in [-0.3, -0.25) is 9.59 Å². The van der Waals surface area contributed by atoms with E-state index in [-0.39, 0.29) is 0 Å². The summed E-state index contributed by atoms with van der Waals surface area (Å²) in [7, 11) is 0. The minimum absolute atomic E-state index is 0.341. The lowest BCUT2D eigenvalue weighted by atomic mass is 9.62. The van der Waals surface area contributed by atoms with Gasteiger partial charge in [-0.2, -0.15) is 0 Å². The second kappa shape index (κ2) is 6.04. The Morgan fingerprint density at radius 2 is 1.64 bits per heavy atom. The van der Waals surface area contributed by atoms with Gasteiger partial charge in [-0.05, 0) is 46.1 Å². The van der Waals surface area contributed by atoms with E-state index in [1.165, 1.54) is 13.8 Å². The lowest BCUT2D eigenvalue weighted by molar-refractivity contribution is -0.339. The molecule has 5 fully saturated rings. The molecule has 7 rings (SSSR count). The van der Waals surface area contributed by atoms with Crippen LogP contribution in [0.25, 0.3) is 0 Å². The Labute approximate surface area is 208 Å². The molecule has 2 bridgehead atoms. The largest absolute Gasteiger partial charge is 0.490 e. The Kier molecular flexibility index (Phi) is 3.83. The van der Waals surface area contributed by atoms with Gasteiger partial charge in [-0.15, -0.1) is 0 Å². The zero-order valence-corrected chi connectivity index (χ0v) is 20.9. The van der Waals surface area contributed by atoms with E-state index in [1.54, 1.807) is 19.3 Å². The molecule has 0 aromatic heterocycles. The zero-order valence-electron chi connectivity index (χ0n) is 20.9. The normalized spacial score (nSPS) is 53.6. The highest BCUT2D eigenvalue weighted by Gasteiger charge is 2.84. The Bertz CT molecular complexity index is 1270. The number of ether oxygens (including phenoxy) is 4. The number of allylic oxidation sites excluding steroid dienone is 2. The van der Waals surface area contributed by atoms with Crippen molar-refractivity contribution in [3.63, 3.8) is 0 Å². The molecule has 0 unspecified atom stereocenters. The summed E-state index contributed by atoms with van der Waals surface area (Å²) < 4.78 is 24.6. The summed E-state index contributed by atoms with van der Waals surface area (Å²) in [6.07, 6.45) is 3.99. The van der Waals surface area contributed by atoms with Crippen LogP contribution in [-0.2, 0) is 33.3 Å². The first-order valence-electron chi connectivity index (χ1n) is 12.6. The second-order valence-electron chi connectivity index (χ2n) is 12.7. The first kappa shape index (κ1) is 22.8. The number of Topliss-reactive ketones (excluding diaryl/α,β-unsaturated/α-hetero) is 2. The second-order valence-corrected chi connectivity index (χ2v) is 12.7. The highest BCUT2D eigenvalue weighted by atomic mass is 16.7. The Morgan fingerprint density at radius 3 is 2.36 bits per heavy atom. The maximum Gasteiger partial charge on any atom is 0.341 e. The van der Waals surface area contributed by atoms with Crippen molar-refractivity contribution < 1.29 is 43.5 Å². The van der Waals surface area contributed by atoms with Crippen LogP contribution in [0.15, 0.2) is 35.1 Å². The molecule has 9 heteroatoms. The number of rotatable bonds is 0. The van der Waals surface area contributed by atoms with Crippen LogP contribution in [0.2, 0.25) is 0 Å². The van der Waals surface area contributed by atoms with Crippen molar-refractivity contribution in [3.8, 4) is 0 Å². The van der Waals surface area contributed by atoms with Crippen LogP contribution < -0.4 is 0 Å².